The largest absolute Gasteiger partial charge is 0.465 e. The van der Waals surface area contributed by atoms with E-state index in [0.29, 0.717) is 11.3 Å². The van der Waals surface area contributed by atoms with Gasteiger partial charge in [-0.1, -0.05) is 6.07 Å². The molecule has 2 N–H and O–H groups in total. The van der Waals surface area contributed by atoms with Crippen molar-refractivity contribution in [2.75, 3.05) is 51.0 Å². The predicted molar refractivity (Wildman–Crippen MR) is 76.5 cm³/mol. The van der Waals surface area contributed by atoms with Crippen molar-refractivity contribution in [2.45, 2.75) is 6.42 Å². The van der Waals surface area contributed by atoms with Gasteiger partial charge in [-0.3, -0.25) is 0 Å². The van der Waals surface area contributed by atoms with Gasteiger partial charge in [-0.05, 0) is 32.1 Å². The van der Waals surface area contributed by atoms with E-state index in [1.165, 1.54) is 7.11 Å². The maximum atomic E-state index is 11.9. The van der Waals surface area contributed by atoms with Gasteiger partial charge in [0.25, 0.3) is 0 Å². The Hall–Kier alpha value is -1.75. The van der Waals surface area contributed by atoms with Gasteiger partial charge in [0.1, 0.15) is 0 Å². The number of ether oxygens (including phenoxy) is 1. The van der Waals surface area contributed by atoms with Crippen molar-refractivity contribution in [3.63, 3.8) is 0 Å². The summed E-state index contributed by atoms with van der Waals surface area (Å²) in [6, 6.07) is 5.39. The molecule has 2 rings (SSSR count). The fraction of sp³-hybridized carbons (Fsp3) is 0.500. The molecular weight excluding hydrogens is 242 g/mol. The Bertz CT molecular complexity index is 462. The van der Waals surface area contributed by atoms with E-state index >= 15 is 0 Å². The van der Waals surface area contributed by atoms with E-state index in [-0.39, 0.29) is 5.97 Å². The molecule has 5 nitrogen and oxygen atoms in total. The highest BCUT2D eigenvalue weighted by atomic mass is 16.5. The minimum atomic E-state index is -0.333. The monoisotopic (exact) mass is 263 g/mol. The number of esters is 1. The second-order valence-corrected chi connectivity index (χ2v) is 4.88. The molecule has 1 aliphatic rings. The van der Waals surface area contributed by atoms with Gasteiger partial charge in [-0.25, -0.2) is 4.79 Å². The third-order valence-electron chi connectivity index (χ3n) is 3.51. The van der Waals surface area contributed by atoms with Crippen molar-refractivity contribution in [3.8, 4) is 0 Å². The number of hydrogen-bond acceptors (Lipinski definition) is 5. The average Bonchev–Trinajstić information content (AvgIpc) is 2.62. The quantitative estimate of drug-likeness (QED) is 0.642. The Balaban J connectivity index is 2.34. The first kappa shape index (κ1) is 13.7. The van der Waals surface area contributed by atoms with E-state index in [9.17, 15) is 4.79 Å². The molecule has 0 amide bonds. The molecule has 1 saturated heterocycles. The number of carbonyl (C=O) groups excluding carboxylic acids is 1. The zero-order valence-electron chi connectivity index (χ0n) is 11.6. The van der Waals surface area contributed by atoms with Crippen LogP contribution in [0.15, 0.2) is 18.2 Å². The molecule has 104 valence electrons. The van der Waals surface area contributed by atoms with E-state index in [1.807, 2.05) is 6.07 Å². The van der Waals surface area contributed by atoms with E-state index in [0.717, 1.165) is 38.3 Å². The first-order chi connectivity index (χ1) is 9.13. The maximum Gasteiger partial charge on any atom is 0.340 e. The lowest BCUT2D eigenvalue weighted by molar-refractivity contribution is 0.0601. The molecule has 19 heavy (non-hydrogen) atoms. The molecule has 1 aliphatic heterocycles. The number of carbonyl (C=O) groups is 1. The lowest BCUT2D eigenvalue weighted by Gasteiger charge is -2.26. The Morgan fingerprint density at radius 3 is 2.79 bits per heavy atom. The zero-order valence-corrected chi connectivity index (χ0v) is 11.6. The molecule has 1 heterocycles. The SMILES string of the molecule is COC(=O)c1cccc(N)c1N1CCCN(C)CC1. The smallest absolute Gasteiger partial charge is 0.340 e. The molecule has 0 unspecified atom stereocenters. The van der Waals surface area contributed by atoms with Crippen LogP contribution in [-0.2, 0) is 4.74 Å². The van der Waals surface area contributed by atoms with E-state index < -0.39 is 0 Å². The van der Waals surface area contributed by atoms with Crippen LogP contribution in [0.2, 0.25) is 0 Å². The number of anilines is 2. The molecule has 0 bridgehead atoms. The summed E-state index contributed by atoms with van der Waals surface area (Å²) in [5.41, 5.74) is 8.06. The van der Waals surface area contributed by atoms with Gasteiger partial charge in [0.05, 0.1) is 24.0 Å². The van der Waals surface area contributed by atoms with Crippen LogP contribution in [0.1, 0.15) is 16.8 Å². The predicted octanol–water partition coefficient (Wildman–Crippen LogP) is 1.20. The zero-order chi connectivity index (χ0) is 13.8. The second-order valence-electron chi connectivity index (χ2n) is 4.88. The van der Waals surface area contributed by atoms with Crippen LogP contribution in [0.25, 0.3) is 0 Å². The lowest BCUT2D eigenvalue weighted by atomic mass is 10.1. The number of para-hydroxylation sites is 1. The summed E-state index contributed by atoms with van der Waals surface area (Å²) < 4.78 is 4.84. The Labute approximate surface area is 113 Å². The van der Waals surface area contributed by atoms with Gasteiger partial charge in [0.2, 0.25) is 0 Å². The number of methoxy groups -OCH3 is 1. The Morgan fingerprint density at radius 1 is 1.26 bits per heavy atom. The van der Waals surface area contributed by atoms with Crippen molar-refractivity contribution in [1.29, 1.82) is 0 Å². The Morgan fingerprint density at radius 2 is 2.05 bits per heavy atom. The fourth-order valence-electron chi connectivity index (χ4n) is 2.46. The van der Waals surface area contributed by atoms with Crippen molar-refractivity contribution < 1.29 is 9.53 Å². The number of hydrogen-bond donors (Lipinski definition) is 1. The van der Waals surface area contributed by atoms with Crippen LogP contribution in [0.5, 0.6) is 0 Å². The van der Waals surface area contributed by atoms with Gasteiger partial charge >= 0.3 is 5.97 Å². The molecule has 0 aromatic heterocycles. The molecule has 5 heteroatoms. The molecule has 0 atom stereocenters. The standard InChI is InChI=1S/C14H21N3O2/c1-16-7-4-8-17(10-9-16)13-11(14(18)19-2)5-3-6-12(13)15/h3,5-6H,4,7-10,15H2,1-2H3. The van der Waals surface area contributed by atoms with E-state index in [4.69, 9.17) is 10.5 Å². The normalized spacial score (nSPS) is 17.1. The summed E-state index contributed by atoms with van der Waals surface area (Å²) in [7, 11) is 3.50. The van der Waals surface area contributed by atoms with Crippen molar-refractivity contribution in [1.82, 2.24) is 4.90 Å². The van der Waals surface area contributed by atoms with Crippen LogP contribution in [0, 0.1) is 0 Å². The summed E-state index contributed by atoms with van der Waals surface area (Å²) in [5.74, 6) is -0.333. The topological polar surface area (TPSA) is 58.8 Å². The average molecular weight is 263 g/mol. The molecule has 0 aliphatic carbocycles. The highest BCUT2D eigenvalue weighted by molar-refractivity contribution is 5.99. The minimum Gasteiger partial charge on any atom is -0.465 e. The highest BCUT2D eigenvalue weighted by Crippen LogP contribution is 2.29. The maximum absolute atomic E-state index is 11.9. The van der Waals surface area contributed by atoms with Crippen LogP contribution in [-0.4, -0.2) is 51.2 Å². The van der Waals surface area contributed by atoms with Crippen molar-refractivity contribution >= 4 is 17.3 Å². The van der Waals surface area contributed by atoms with Crippen LogP contribution in [0.4, 0.5) is 11.4 Å². The van der Waals surface area contributed by atoms with Crippen LogP contribution >= 0.6 is 0 Å². The van der Waals surface area contributed by atoms with Gasteiger partial charge in [-0.2, -0.15) is 0 Å². The summed E-state index contributed by atoms with van der Waals surface area (Å²) >= 11 is 0. The summed E-state index contributed by atoms with van der Waals surface area (Å²) in [5, 5.41) is 0. The third kappa shape index (κ3) is 2.98. The van der Waals surface area contributed by atoms with Gasteiger partial charge in [-0.15, -0.1) is 0 Å². The number of rotatable bonds is 2. The third-order valence-corrected chi connectivity index (χ3v) is 3.51. The molecule has 0 saturated carbocycles. The highest BCUT2D eigenvalue weighted by Gasteiger charge is 2.21. The van der Waals surface area contributed by atoms with E-state index in [2.05, 4.69) is 16.8 Å². The van der Waals surface area contributed by atoms with Gasteiger partial charge in [0, 0.05) is 19.6 Å². The van der Waals surface area contributed by atoms with Gasteiger partial charge in [0.15, 0.2) is 0 Å². The number of nitrogen functional groups attached to an aromatic ring is 1. The van der Waals surface area contributed by atoms with E-state index in [1.54, 1.807) is 12.1 Å². The summed E-state index contributed by atoms with van der Waals surface area (Å²) in [6.07, 6.45) is 1.06. The molecule has 1 fully saturated rings. The first-order valence-corrected chi connectivity index (χ1v) is 6.53. The number of likely N-dealkylation sites (N-methyl/N-ethyl adjacent to an activating group) is 1. The summed E-state index contributed by atoms with van der Waals surface area (Å²) in [6.45, 7) is 3.81. The fourth-order valence-corrected chi connectivity index (χ4v) is 2.46. The lowest BCUT2D eigenvalue weighted by Crippen LogP contribution is -2.30. The minimum absolute atomic E-state index is 0.333. The molecular formula is C14H21N3O2. The molecule has 0 spiro atoms. The van der Waals surface area contributed by atoms with Crippen LogP contribution < -0.4 is 10.6 Å². The first-order valence-electron chi connectivity index (χ1n) is 6.53. The van der Waals surface area contributed by atoms with Gasteiger partial charge < -0.3 is 20.3 Å². The number of benzene rings is 1. The summed E-state index contributed by atoms with van der Waals surface area (Å²) in [4.78, 5) is 16.3. The molecule has 1 aromatic rings. The molecule has 1 aromatic carbocycles. The second kappa shape index (κ2) is 5.93. The number of nitrogens with zero attached hydrogens (tertiary/aromatic N) is 2. The number of nitrogens with two attached hydrogens (primary N) is 1. The van der Waals surface area contributed by atoms with Crippen molar-refractivity contribution in [2.24, 2.45) is 0 Å². The Kier molecular flexibility index (Phi) is 4.27. The van der Waals surface area contributed by atoms with Crippen LogP contribution in [0.3, 0.4) is 0 Å². The van der Waals surface area contributed by atoms with Crippen molar-refractivity contribution in [3.05, 3.63) is 23.8 Å². The molecule has 0 radical (unpaired) electrons.